The number of halogens is 2. The molecule has 1 N–H and O–H groups in total. The van der Waals surface area contributed by atoms with Crippen LogP contribution in [-0.4, -0.2) is 59.5 Å². The van der Waals surface area contributed by atoms with Crippen molar-refractivity contribution in [3.63, 3.8) is 0 Å². The molecule has 0 aromatic heterocycles. The number of hydrogen-bond donors (Lipinski definition) is 1. The molecule has 0 radical (unpaired) electrons. The van der Waals surface area contributed by atoms with Crippen LogP contribution in [0.5, 0.6) is 0 Å². The number of nitrogens with zero attached hydrogens (tertiary/aromatic N) is 2. The highest BCUT2D eigenvalue weighted by Gasteiger charge is 2.55. The van der Waals surface area contributed by atoms with E-state index in [1.807, 2.05) is 30.3 Å². The summed E-state index contributed by atoms with van der Waals surface area (Å²) < 4.78 is 29.1. The maximum atomic E-state index is 14.5. The van der Waals surface area contributed by atoms with Gasteiger partial charge in [-0.25, -0.2) is 12.7 Å². The van der Waals surface area contributed by atoms with Crippen LogP contribution >= 0.6 is 23.2 Å². The third-order valence-corrected chi connectivity index (χ3v) is 11.1. The zero-order chi connectivity index (χ0) is 28.7. The van der Waals surface area contributed by atoms with Crippen LogP contribution in [0.4, 0.5) is 0 Å². The van der Waals surface area contributed by atoms with E-state index in [4.69, 9.17) is 23.2 Å². The molecule has 1 saturated carbocycles. The molecule has 2 aromatic rings. The molecule has 2 saturated heterocycles. The molecular weight excluding hydrogens is 571 g/mol. The summed E-state index contributed by atoms with van der Waals surface area (Å²) in [5.74, 6) is -1.81. The van der Waals surface area contributed by atoms with Crippen molar-refractivity contribution in [2.75, 3.05) is 18.8 Å². The van der Waals surface area contributed by atoms with Crippen molar-refractivity contribution in [3.8, 4) is 0 Å². The minimum Gasteiger partial charge on any atom is -0.481 e. The topological polar surface area (TPSA) is 95.0 Å². The quantitative estimate of drug-likeness (QED) is 0.371. The molecule has 2 heterocycles. The van der Waals surface area contributed by atoms with Gasteiger partial charge in [-0.2, -0.15) is 0 Å². The second-order valence-electron chi connectivity index (χ2n) is 11.8. The van der Waals surface area contributed by atoms with Gasteiger partial charge in [0, 0.05) is 29.1 Å². The highest BCUT2D eigenvalue weighted by atomic mass is 35.5. The summed E-state index contributed by atoms with van der Waals surface area (Å²) in [4.78, 5) is 28.3. The van der Waals surface area contributed by atoms with Gasteiger partial charge in [-0.05, 0) is 73.4 Å². The van der Waals surface area contributed by atoms with E-state index in [1.54, 1.807) is 34.3 Å². The van der Waals surface area contributed by atoms with Crippen molar-refractivity contribution in [1.29, 1.82) is 0 Å². The Hall–Kier alpha value is -2.13. The fourth-order valence-corrected chi connectivity index (χ4v) is 8.85. The predicted octanol–water partition coefficient (Wildman–Crippen LogP) is 6.13. The van der Waals surface area contributed by atoms with E-state index in [-0.39, 0.29) is 29.9 Å². The van der Waals surface area contributed by atoms with Crippen LogP contribution in [0, 0.1) is 11.3 Å². The van der Waals surface area contributed by atoms with Crippen LogP contribution in [-0.2, 0) is 19.6 Å². The number of carbonyl (C=O) groups is 2. The van der Waals surface area contributed by atoms with Crippen molar-refractivity contribution in [2.45, 2.75) is 69.9 Å². The number of amides is 1. The molecule has 0 bridgehead atoms. The largest absolute Gasteiger partial charge is 0.481 e. The van der Waals surface area contributed by atoms with Gasteiger partial charge >= 0.3 is 5.97 Å². The van der Waals surface area contributed by atoms with Crippen molar-refractivity contribution >= 4 is 45.1 Å². The Morgan fingerprint density at radius 2 is 1.70 bits per heavy atom. The summed E-state index contributed by atoms with van der Waals surface area (Å²) in [6.45, 7) is 2.70. The Morgan fingerprint density at radius 3 is 2.30 bits per heavy atom. The number of carbonyl (C=O) groups excluding carboxylic acids is 1. The van der Waals surface area contributed by atoms with Crippen LogP contribution in [0.25, 0.3) is 0 Å². The number of benzene rings is 2. The molecule has 3 fully saturated rings. The highest BCUT2D eigenvalue weighted by molar-refractivity contribution is 7.89. The lowest BCUT2D eigenvalue weighted by Crippen LogP contribution is -2.59. The Balaban J connectivity index is 1.65. The molecule has 1 amide bonds. The van der Waals surface area contributed by atoms with Crippen LogP contribution in [0.15, 0.2) is 48.5 Å². The summed E-state index contributed by atoms with van der Waals surface area (Å²) in [6.07, 6.45) is 4.27. The molecule has 3 aliphatic rings. The molecule has 10 heteroatoms. The first-order valence-corrected chi connectivity index (χ1v) is 16.4. The number of likely N-dealkylation sites (tertiary alicyclic amines) is 1. The molecule has 2 aliphatic heterocycles. The van der Waals surface area contributed by atoms with Crippen LogP contribution in [0.2, 0.25) is 10.0 Å². The smallest absolute Gasteiger partial charge is 0.304 e. The Morgan fingerprint density at radius 1 is 1.02 bits per heavy atom. The zero-order valence-corrected chi connectivity index (χ0v) is 25.0. The van der Waals surface area contributed by atoms with Crippen LogP contribution < -0.4 is 0 Å². The van der Waals surface area contributed by atoms with E-state index < -0.39 is 33.5 Å². The van der Waals surface area contributed by atoms with E-state index in [2.05, 4.69) is 0 Å². The molecular formula is C30H36Cl2N2O5S. The highest BCUT2D eigenvalue weighted by Crippen LogP contribution is 2.54. The Bertz CT molecular complexity index is 1360. The average Bonchev–Trinajstić information content (AvgIpc) is 3.75. The summed E-state index contributed by atoms with van der Waals surface area (Å²) >= 11 is 12.7. The summed E-state index contributed by atoms with van der Waals surface area (Å²) in [6, 6.07) is 13.7. The first-order chi connectivity index (χ1) is 19.0. The molecule has 7 nitrogen and oxygen atoms in total. The minimum absolute atomic E-state index is 0.0329. The normalized spacial score (nSPS) is 27.0. The fourth-order valence-electron chi connectivity index (χ4n) is 6.63. The van der Waals surface area contributed by atoms with E-state index in [0.717, 1.165) is 43.2 Å². The van der Waals surface area contributed by atoms with Gasteiger partial charge in [0.25, 0.3) is 0 Å². The number of piperidine rings is 2. The minimum atomic E-state index is -3.64. The zero-order valence-electron chi connectivity index (χ0n) is 22.6. The lowest BCUT2D eigenvalue weighted by molar-refractivity contribution is -0.160. The lowest BCUT2D eigenvalue weighted by atomic mass is 9.67. The summed E-state index contributed by atoms with van der Waals surface area (Å²) in [5, 5.41) is 11.0. The Labute approximate surface area is 246 Å². The van der Waals surface area contributed by atoms with Gasteiger partial charge in [0.2, 0.25) is 15.9 Å². The molecule has 0 spiro atoms. The molecule has 1 aliphatic carbocycles. The van der Waals surface area contributed by atoms with E-state index in [0.29, 0.717) is 29.6 Å². The number of rotatable bonds is 9. The predicted molar refractivity (Wildman–Crippen MR) is 156 cm³/mol. The maximum absolute atomic E-state index is 14.5. The standard InChI is InChI=1S/C30H36Cl2N2O5S/c1-30(18-27(35)36)17-25(22-6-5-7-24(32)16-22)28(21-10-12-23(31)13-11-21)34(29(30)37)26(20-8-9-20)19-40(38,39)33-14-3-2-4-15-33/h5-7,10-13,16,20,25-26,28H,2-4,8-9,14-15,17-19H2,1H3,(H,35,36). The van der Waals surface area contributed by atoms with Crippen molar-refractivity contribution < 1.29 is 23.1 Å². The van der Waals surface area contributed by atoms with Gasteiger partial charge in [-0.3, -0.25) is 9.59 Å². The lowest BCUT2D eigenvalue weighted by Gasteiger charge is -2.52. The number of carboxylic acid groups (broad SMARTS) is 1. The summed E-state index contributed by atoms with van der Waals surface area (Å²) in [7, 11) is -3.64. The third-order valence-electron chi connectivity index (χ3n) is 8.75. The summed E-state index contributed by atoms with van der Waals surface area (Å²) in [5.41, 5.74) is 0.500. The van der Waals surface area contributed by atoms with Crippen molar-refractivity contribution in [1.82, 2.24) is 9.21 Å². The first-order valence-electron chi connectivity index (χ1n) is 14.0. The van der Waals surface area contributed by atoms with Gasteiger partial charge in [-0.1, -0.05) is 60.8 Å². The molecule has 5 rings (SSSR count). The SMILES string of the molecule is CC1(CC(=O)O)CC(c2cccc(Cl)c2)C(c2ccc(Cl)cc2)N(C(CS(=O)(=O)N2CCCCC2)C2CC2)C1=O. The molecule has 40 heavy (non-hydrogen) atoms. The van der Waals surface area contributed by atoms with Crippen LogP contribution in [0.3, 0.4) is 0 Å². The average molecular weight is 608 g/mol. The maximum Gasteiger partial charge on any atom is 0.304 e. The molecule has 2 aromatic carbocycles. The van der Waals surface area contributed by atoms with E-state index >= 15 is 0 Å². The second-order valence-corrected chi connectivity index (χ2v) is 14.7. The van der Waals surface area contributed by atoms with Gasteiger partial charge in [0.05, 0.1) is 29.7 Å². The Kier molecular flexibility index (Phi) is 8.54. The van der Waals surface area contributed by atoms with Gasteiger partial charge in [-0.15, -0.1) is 0 Å². The monoisotopic (exact) mass is 606 g/mol. The number of carboxylic acids is 1. The van der Waals surface area contributed by atoms with Crippen LogP contribution in [0.1, 0.15) is 75.0 Å². The number of sulfonamides is 1. The van der Waals surface area contributed by atoms with E-state index in [1.165, 1.54) is 0 Å². The van der Waals surface area contributed by atoms with Crippen molar-refractivity contribution in [3.05, 3.63) is 69.7 Å². The molecule has 4 unspecified atom stereocenters. The molecule has 216 valence electrons. The second kappa shape index (κ2) is 11.6. The van der Waals surface area contributed by atoms with E-state index in [9.17, 15) is 23.1 Å². The number of aliphatic carboxylic acids is 1. The first kappa shape index (κ1) is 29.4. The third kappa shape index (κ3) is 6.20. The van der Waals surface area contributed by atoms with Gasteiger partial charge < -0.3 is 10.0 Å². The fraction of sp³-hybridized carbons (Fsp3) is 0.533. The van der Waals surface area contributed by atoms with Crippen molar-refractivity contribution in [2.24, 2.45) is 11.3 Å². The van der Waals surface area contributed by atoms with Gasteiger partial charge in [0.1, 0.15) is 0 Å². The molecule has 4 atom stereocenters. The van der Waals surface area contributed by atoms with Gasteiger partial charge in [0.15, 0.2) is 0 Å². The number of hydrogen-bond acceptors (Lipinski definition) is 4.